The van der Waals surface area contributed by atoms with Gasteiger partial charge >= 0.3 is 12.1 Å². The molecule has 0 saturated carbocycles. The monoisotopic (exact) mass is 221 g/mol. The minimum absolute atomic E-state index is 0.575. The number of alkyl carbamates (subject to hydrolysis) is 1. The summed E-state index contributed by atoms with van der Waals surface area (Å²) in [7, 11) is 0. The lowest BCUT2D eigenvalue weighted by molar-refractivity contribution is -0.135. The molecule has 0 spiro atoms. The van der Waals surface area contributed by atoms with E-state index in [1.54, 1.807) is 24.3 Å². The van der Waals surface area contributed by atoms with Gasteiger partial charge in [-0.25, -0.2) is 9.59 Å². The molecule has 1 N–H and O–H groups in total. The number of hydrogen-bond acceptors (Lipinski definition) is 4. The van der Waals surface area contributed by atoms with Crippen LogP contribution >= 0.6 is 0 Å². The molecule has 0 aromatic heterocycles. The zero-order valence-electron chi connectivity index (χ0n) is 8.73. The van der Waals surface area contributed by atoms with E-state index in [1.807, 2.05) is 6.92 Å². The van der Waals surface area contributed by atoms with Gasteiger partial charge in [-0.2, -0.15) is 0 Å². The lowest BCUT2D eigenvalue weighted by Crippen LogP contribution is -2.19. The van der Waals surface area contributed by atoms with E-state index in [1.165, 1.54) is 0 Å². The van der Waals surface area contributed by atoms with E-state index in [4.69, 9.17) is 4.74 Å². The van der Waals surface area contributed by atoms with Crippen molar-refractivity contribution in [3.05, 3.63) is 29.8 Å². The van der Waals surface area contributed by atoms with Crippen molar-refractivity contribution < 1.29 is 19.1 Å². The Labute approximate surface area is 92.4 Å². The first-order valence-corrected chi connectivity index (χ1v) is 4.95. The van der Waals surface area contributed by atoms with Crippen molar-refractivity contribution >= 4 is 12.1 Å². The van der Waals surface area contributed by atoms with Crippen LogP contribution in [0, 0.1) is 0 Å². The van der Waals surface area contributed by atoms with Gasteiger partial charge in [0, 0.05) is 0 Å². The minimum atomic E-state index is -0.705. The lowest BCUT2D eigenvalue weighted by atomic mass is 10.1. The molecule has 1 amide bonds. The highest BCUT2D eigenvalue weighted by Gasteiger charge is 2.33. The summed E-state index contributed by atoms with van der Waals surface area (Å²) in [6.07, 6.45) is -0.705. The number of nitrogens with one attached hydrogen (secondary N) is 1. The molecule has 1 unspecified atom stereocenters. The summed E-state index contributed by atoms with van der Waals surface area (Å²) in [6, 6.07) is 6.24. The second-order valence-electron chi connectivity index (χ2n) is 3.29. The standard InChI is InChI=1S/C11H11NO4/c1-2-15-8-5-3-7(4-6-8)9-10(13)16-11(14)12-9/h3-6,9H,2H2,1H3,(H,12,14). The maximum absolute atomic E-state index is 11.3. The third-order valence-electron chi connectivity index (χ3n) is 2.22. The first-order chi connectivity index (χ1) is 7.70. The molecule has 5 heteroatoms. The van der Waals surface area contributed by atoms with E-state index < -0.39 is 18.1 Å². The highest BCUT2D eigenvalue weighted by atomic mass is 16.6. The fourth-order valence-electron chi connectivity index (χ4n) is 1.50. The molecule has 0 aliphatic carbocycles. The molecule has 5 nitrogen and oxygen atoms in total. The summed E-state index contributed by atoms with van der Waals surface area (Å²) >= 11 is 0. The first-order valence-electron chi connectivity index (χ1n) is 4.95. The van der Waals surface area contributed by atoms with E-state index in [-0.39, 0.29) is 0 Å². The lowest BCUT2D eigenvalue weighted by Gasteiger charge is -2.07. The van der Waals surface area contributed by atoms with Crippen molar-refractivity contribution in [1.29, 1.82) is 0 Å². The fraction of sp³-hybridized carbons (Fsp3) is 0.273. The summed E-state index contributed by atoms with van der Waals surface area (Å²) in [5.41, 5.74) is 0.680. The Morgan fingerprint density at radius 2 is 2.00 bits per heavy atom. The number of hydrogen-bond donors (Lipinski definition) is 1. The molecule has 1 aliphatic rings. The highest BCUT2D eigenvalue weighted by Crippen LogP contribution is 2.22. The van der Waals surface area contributed by atoms with Crippen molar-refractivity contribution in [2.45, 2.75) is 13.0 Å². The molecule has 1 aromatic carbocycles. The molecular weight excluding hydrogens is 210 g/mol. The molecule has 1 saturated heterocycles. The summed E-state index contributed by atoms with van der Waals surface area (Å²) in [5.74, 6) is 0.151. The minimum Gasteiger partial charge on any atom is -0.494 e. The van der Waals surface area contributed by atoms with Gasteiger partial charge in [0.15, 0.2) is 6.04 Å². The van der Waals surface area contributed by atoms with Crippen molar-refractivity contribution in [2.24, 2.45) is 0 Å². The van der Waals surface area contributed by atoms with E-state index in [0.717, 1.165) is 5.75 Å². The Hall–Kier alpha value is -2.04. The highest BCUT2D eigenvalue weighted by molar-refractivity contribution is 5.96. The number of cyclic esters (lactones) is 2. The Kier molecular flexibility index (Phi) is 2.76. The smallest absolute Gasteiger partial charge is 0.415 e. The van der Waals surface area contributed by atoms with Crippen molar-refractivity contribution in [3.63, 3.8) is 0 Å². The van der Waals surface area contributed by atoms with Gasteiger partial charge in [-0.3, -0.25) is 0 Å². The van der Waals surface area contributed by atoms with E-state index in [2.05, 4.69) is 10.1 Å². The third kappa shape index (κ3) is 1.98. The molecule has 0 radical (unpaired) electrons. The predicted molar refractivity (Wildman–Crippen MR) is 55.0 cm³/mol. The molecule has 0 bridgehead atoms. The number of benzene rings is 1. The van der Waals surface area contributed by atoms with Crippen LogP contribution in [-0.4, -0.2) is 18.7 Å². The van der Waals surface area contributed by atoms with Crippen LogP contribution in [0.15, 0.2) is 24.3 Å². The Morgan fingerprint density at radius 3 is 2.50 bits per heavy atom. The summed E-state index contributed by atoms with van der Waals surface area (Å²) in [5, 5.41) is 2.42. The largest absolute Gasteiger partial charge is 0.494 e. The molecular formula is C11H11NO4. The molecule has 84 valence electrons. The number of carbonyl (C=O) groups is 2. The zero-order valence-corrected chi connectivity index (χ0v) is 8.73. The SMILES string of the molecule is CCOc1ccc(C2NC(=O)OC2=O)cc1. The average molecular weight is 221 g/mol. The van der Waals surface area contributed by atoms with E-state index in [0.29, 0.717) is 12.2 Å². The third-order valence-corrected chi connectivity index (χ3v) is 2.22. The quantitative estimate of drug-likeness (QED) is 0.618. The zero-order chi connectivity index (χ0) is 11.5. The molecule has 1 atom stereocenters. The van der Waals surface area contributed by atoms with Crippen LogP contribution in [0.3, 0.4) is 0 Å². The average Bonchev–Trinajstić information content (AvgIpc) is 2.59. The van der Waals surface area contributed by atoms with Crippen LogP contribution in [0.25, 0.3) is 0 Å². The Bertz CT molecular complexity index is 412. The van der Waals surface area contributed by atoms with Crippen LogP contribution in [0.5, 0.6) is 5.75 Å². The number of rotatable bonds is 3. The number of carbonyl (C=O) groups excluding carboxylic acids is 2. The van der Waals surface area contributed by atoms with Crippen LogP contribution in [-0.2, 0) is 9.53 Å². The number of amides is 1. The molecule has 1 aliphatic heterocycles. The normalized spacial score (nSPS) is 19.2. The van der Waals surface area contributed by atoms with Crippen LogP contribution < -0.4 is 10.1 Å². The first kappa shape index (κ1) is 10.5. The van der Waals surface area contributed by atoms with Crippen molar-refractivity contribution in [1.82, 2.24) is 5.32 Å². The maximum Gasteiger partial charge on any atom is 0.415 e. The summed E-state index contributed by atoms with van der Waals surface area (Å²) in [6.45, 7) is 2.48. The molecule has 16 heavy (non-hydrogen) atoms. The maximum atomic E-state index is 11.3. The van der Waals surface area contributed by atoms with Crippen LogP contribution in [0.2, 0.25) is 0 Å². The van der Waals surface area contributed by atoms with Gasteiger partial charge in [-0.05, 0) is 24.6 Å². The van der Waals surface area contributed by atoms with Gasteiger partial charge in [0.1, 0.15) is 5.75 Å². The second kappa shape index (κ2) is 4.22. The van der Waals surface area contributed by atoms with Crippen molar-refractivity contribution in [3.8, 4) is 5.75 Å². The van der Waals surface area contributed by atoms with Gasteiger partial charge in [-0.15, -0.1) is 0 Å². The number of ether oxygens (including phenoxy) is 2. The molecule has 1 heterocycles. The van der Waals surface area contributed by atoms with E-state index in [9.17, 15) is 9.59 Å². The summed E-state index contributed by atoms with van der Waals surface area (Å²) in [4.78, 5) is 22.1. The van der Waals surface area contributed by atoms with Gasteiger partial charge in [0.25, 0.3) is 0 Å². The van der Waals surface area contributed by atoms with Gasteiger partial charge in [0.05, 0.1) is 6.61 Å². The van der Waals surface area contributed by atoms with Crippen LogP contribution in [0.4, 0.5) is 4.79 Å². The van der Waals surface area contributed by atoms with E-state index >= 15 is 0 Å². The van der Waals surface area contributed by atoms with Gasteiger partial charge < -0.3 is 14.8 Å². The molecule has 2 rings (SSSR count). The topological polar surface area (TPSA) is 64.6 Å². The van der Waals surface area contributed by atoms with Gasteiger partial charge in [0.2, 0.25) is 0 Å². The molecule has 1 aromatic rings. The predicted octanol–water partition coefficient (Wildman–Crippen LogP) is 1.39. The van der Waals surface area contributed by atoms with Crippen LogP contribution in [0.1, 0.15) is 18.5 Å². The Balaban J connectivity index is 2.15. The summed E-state index contributed by atoms with van der Waals surface area (Å²) < 4.78 is 9.65. The number of esters is 1. The fourth-order valence-corrected chi connectivity index (χ4v) is 1.50. The molecule has 1 fully saturated rings. The Morgan fingerprint density at radius 1 is 1.31 bits per heavy atom. The van der Waals surface area contributed by atoms with Gasteiger partial charge in [-0.1, -0.05) is 12.1 Å². The van der Waals surface area contributed by atoms with Crippen molar-refractivity contribution in [2.75, 3.05) is 6.61 Å². The second-order valence-corrected chi connectivity index (χ2v) is 3.29.